The highest BCUT2D eigenvalue weighted by Crippen LogP contribution is 2.28. The van der Waals surface area contributed by atoms with Crippen LogP contribution in [0.15, 0.2) is 48.8 Å². The normalized spacial score (nSPS) is 21.1. The quantitative estimate of drug-likeness (QED) is 0.606. The van der Waals surface area contributed by atoms with E-state index < -0.39 is 0 Å². The number of pyridine rings is 1. The van der Waals surface area contributed by atoms with Crippen molar-refractivity contribution in [2.75, 3.05) is 26.7 Å². The summed E-state index contributed by atoms with van der Waals surface area (Å²) in [5.74, 6) is 1.73. The van der Waals surface area contributed by atoms with Crippen LogP contribution in [0.5, 0.6) is 5.75 Å². The SMILES string of the molecule is COc1ccccc1CN(Cc1cccnc1)C[C@H]1CCCN(C2CCCCC2)C1. The topological polar surface area (TPSA) is 28.6 Å². The third-order valence-electron chi connectivity index (χ3n) is 6.87. The molecule has 0 N–H and O–H groups in total. The number of para-hydroxylation sites is 1. The molecule has 0 bridgehead atoms. The van der Waals surface area contributed by atoms with E-state index in [2.05, 4.69) is 45.1 Å². The smallest absolute Gasteiger partial charge is 0.123 e. The average molecular weight is 408 g/mol. The van der Waals surface area contributed by atoms with Gasteiger partial charge in [-0.1, -0.05) is 43.5 Å². The summed E-state index contributed by atoms with van der Waals surface area (Å²) in [5, 5.41) is 0. The molecule has 1 saturated heterocycles. The van der Waals surface area contributed by atoms with Crippen molar-refractivity contribution in [3.05, 3.63) is 59.9 Å². The molecule has 1 aliphatic heterocycles. The summed E-state index contributed by atoms with van der Waals surface area (Å²) in [7, 11) is 1.77. The van der Waals surface area contributed by atoms with Crippen molar-refractivity contribution in [2.45, 2.75) is 64.1 Å². The summed E-state index contributed by atoms with van der Waals surface area (Å²) in [6, 6.07) is 13.5. The van der Waals surface area contributed by atoms with Crippen LogP contribution in [0.2, 0.25) is 0 Å². The van der Waals surface area contributed by atoms with Gasteiger partial charge in [0.05, 0.1) is 7.11 Å². The van der Waals surface area contributed by atoms with E-state index in [0.29, 0.717) is 0 Å². The number of likely N-dealkylation sites (tertiary alicyclic amines) is 1. The van der Waals surface area contributed by atoms with E-state index in [1.807, 2.05) is 18.5 Å². The molecule has 4 heteroatoms. The molecule has 162 valence electrons. The van der Waals surface area contributed by atoms with Gasteiger partial charge in [-0.15, -0.1) is 0 Å². The van der Waals surface area contributed by atoms with Crippen LogP contribution in [0.4, 0.5) is 0 Å². The molecule has 2 aliphatic rings. The predicted octanol–water partition coefficient (Wildman–Crippen LogP) is 5.14. The number of ether oxygens (including phenoxy) is 1. The maximum absolute atomic E-state index is 5.64. The summed E-state index contributed by atoms with van der Waals surface area (Å²) in [6.07, 6.45) is 13.7. The number of methoxy groups -OCH3 is 1. The van der Waals surface area contributed by atoms with Gasteiger partial charge in [0.15, 0.2) is 0 Å². The summed E-state index contributed by atoms with van der Waals surface area (Å²) in [6.45, 7) is 5.55. The minimum atomic E-state index is 0.743. The van der Waals surface area contributed by atoms with Gasteiger partial charge in [0.2, 0.25) is 0 Å². The minimum absolute atomic E-state index is 0.743. The summed E-state index contributed by atoms with van der Waals surface area (Å²) in [4.78, 5) is 9.76. The Labute approximate surface area is 182 Å². The molecular weight excluding hydrogens is 370 g/mol. The highest BCUT2D eigenvalue weighted by Gasteiger charge is 2.28. The molecule has 0 unspecified atom stereocenters. The zero-order valence-electron chi connectivity index (χ0n) is 18.5. The molecule has 2 fully saturated rings. The van der Waals surface area contributed by atoms with Gasteiger partial charge in [0.25, 0.3) is 0 Å². The van der Waals surface area contributed by atoms with Gasteiger partial charge in [-0.2, -0.15) is 0 Å². The molecule has 30 heavy (non-hydrogen) atoms. The molecule has 0 spiro atoms. The Balaban J connectivity index is 1.44. The lowest BCUT2D eigenvalue weighted by molar-refractivity contribution is 0.0769. The molecule has 4 nitrogen and oxygen atoms in total. The maximum atomic E-state index is 5.64. The van der Waals surface area contributed by atoms with Crippen LogP contribution in [-0.4, -0.2) is 47.6 Å². The zero-order chi connectivity index (χ0) is 20.6. The summed E-state index contributed by atoms with van der Waals surface area (Å²) < 4.78 is 5.64. The fraction of sp³-hybridized carbons (Fsp3) is 0.577. The first-order chi connectivity index (χ1) is 14.8. The van der Waals surface area contributed by atoms with E-state index >= 15 is 0 Å². The van der Waals surface area contributed by atoms with Crippen molar-refractivity contribution in [3.8, 4) is 5.75 Å². The van der Waals surface area contributed by atoms with Gasteiger partial charge in [0, 0.05) is 50.2 Å². The highest BCUT2D eigenvalue weighted by atomic mass is 16.5. The Morgan fingerprint density at radius 3 is 2.67 bits per heavy atom. The van der Waals surface area contributed by atoms with Crippen molar-refractivity contribution >= 4 is 0 Å². The molecular formula is C26H37N3O. The van der Waals surface area contributed by atoms with Crippen LogP contribution in [-0.2, 0) is 13.1 Å². The number of rotatable bonds is 8. The molecule has 1 aliphatic carbocycles. The molecule has 1 atom stereocenters. The van der Waals surface area contributed by atoms with Crippen LogP contribution in [0.3, 0.4) is 0 Å². The van der Waals surface area contributed by atoms with Crippen molar-refractivity contribution in [2.24, 2.45) is 5.92 Å². The van der Waals surface area contributed by atoms with Crippen LogP contribution in [0, 0.1) is 5.92 Å². The van der Waals surface area contributed by atoms with Crippen molar-refractivity contribution in [3.63, 3.8) is 0 Å². The molecule has 0 radical (unpaired) electrons. The Morgan fingerprint density at radius 2 is 1.87 bits per heavy atom. The predicted molar refractivity (Wildman–Crippen MR) is 123 cm³/mol. The van der Waals surface area contributed by atoms with Gasteiger partial charge in [-0.3, -0.25) is 9.88 Å². The molecule has 1 aromatic carbocycles. The Kier molecular flexibility index (Phi) is 7.76. The second kappa shape index (κ2) is 10.9. The standard InChI is InChI=1S/C26H37N3O/c1-30-26-14-6-5-11-24(26)21-28(18-22-9-7-15-27-17-22)19-23-10-8-16-29(20-23)25-12-3-2-4-13-25/h5-7,9,11,14-15,17,23,25H,2-4,8,10,12-13,16,18-21H2,1H3/t23-/m1/s1. The first-order valence-corrected chi connectivity index (χ1v) is 11.8. The van der Waals surface area contributed by atoms with Crippen LogP contribution in [0.25, 0.3) is 0 Å². The van der Waals surface area contributed by atoms with Gasteiger partial charge in [0.1, 0.15) is 5.75 Å². The first-order valence-electron chi connectivity index (χ1n) is 11.8. The van der Waals surface area contributed by atoms with E-state index in [9.17, 15) is 0 Å². The van der Waals surface area contributed by atoms with Crippen molar-refractivity contribution in [1.29, 1.82) is 0 Å². The van der Waals surface area contributed by atoms with E-state index in [1.165, 1.54) is 69.2 Å². The number of nitrogens with zero attached hydrogens (tertiary/aromatic N) is 3. The third kappa shape index (κ3) is 5.83. The van der Waals surface area contributed by atoms with Crippen molar-refractivity contribution in [1.82, 2.24) is 14.8 Å². The molecule has 0 amide bonds. The van der Waals surface area contributed by atoms with Gasteiger partial charge >= 0.3 is 0 Å². The molecule has 2 aromatic rings. The monoisotopic (exact) mass is 407 g/mol. The van der Waals surface area contributed by atoms with Crippen LogP contribution in [0.1, 0.15) is 56.1 Å². The van der Waals surface area contributed by atoms with E-state index in [-0.39, 0.29) is 0 Å². The lowest BCUT2D eigenvalue weighted by Gasteiger charge is -2.41. The first kappa shape index (κ1) is 21.3. The number of aromatic nitrogens is 1. The second-order valence-electron chi connectivity index (χ2n) is 9.14. The number of benzene rings is 1. The summed E-state index contributed by atoms with van der Waals surface area (Å²) >= 11 is 0. The number of hydrogen-bond donors (Lipinski definition) is 0. The minimum Gasteiger partial charge on any atom is -0.496 e. The lowest BCUT2D eigenvalue weighted by atomic mass is 9.90. The molecule has 4 rings (SSSR count). The lowest BCUT2D eigenvalue weighted by Crippen LogP contribution is -2.46. The Hall–Kier alpha value is -1.91. The van der Waals surface area contributed by atoms with Gasteiger partial charge < -0.3 is 9.64 Å². The van der Waals surface area contributed by atoms with Gasteiger partial charge in [-0.25, -0.2) is 0 Å². The van der Waals surface area contributed by atoms with Gasteiger partial charge in [-0.05, 0) is 55.8 Å². The average Bonchev–Trinajstić information content (AvgIpc) is 2.81. The Morgan fingerprint density at radius 1 is 1.00 bits per heavy atom. The van der Waals surface area contributed by atoms with E-state index in [4.69, 9.17) is 4.74 Å². The maximum Gasteiger partial charge on any atom is 0.123 e. The highest BCUT2D eigenvalue weighted by molar-refractivity contribution is 5.33. The second-order valence-corrected chi connectivity index (χ2v) is 9.14. The van der Waals surface area contributed by atoms with Crippen LogP contribution < -0.4 is 4.74 Å². The third-order valence-corrected chi connectivity index (χ3v) is 6.87. The fourth-order valence-electron chi connectivity index (χ4n) is 5.40. The number of hydrogen-bond acceptors (Lipinski definition) is 4. The molecule has 2 heterocycles. The Bertz CT molecular complexity index is 760. The van der Waals surface area contributed by atoms with Crippen molar-refractivity contribution < 1.29 is 4.74 Å². The van der Waals surface area contributed by atoms with E-state index in [1.54, 1.807) is 7.11 Å². The fourth-order valence-corrected chi connectivity index (χ4v) is 5.40. The molecule has 1 saturated carbocycles. The zero-order valence-corrected chi connectivity index (χ0v) is 18.5. The summed E-state index contributed by atoms with van der Waals surface area (Å²) in [5.41, 5.74) is 2.55. The van der Waals surface area contributed by atoms with E-state index in [0.717, 1.165) is 37.3 Å². The number of piperidine rings is 1. The molecule has 1 aromatic heterocycles. The largest absolute Gasteiger partial charge is 0.496 e. The van der Waals surface area contributed by atoms with Crippen LogP contribution >= 0.6 is 0 Å².